The van der Waals surface area contributed by atoms with E-state index >= 15 is 0 Å². The number of para-hydroxylation sites is 1. The van der Waals surface area contributed by atoms with Crippen molar-refractivity contribution in [2.45, 2.75) is 38.2 Å². The smallest absolute Gasteiger partial charge is 0.119 e. The van der Waals surface area contributed by atoms with E-state index in [-0.39, 0.29) is 0 Å². The van der Waals surface area contributed by atoms with Crippen LogP contribution in [0.4, 0.5) is 0 Å². The lowest BCUT2D eigenvalue weighted by atomic mass is 9.64. The molecule has 4 unspecified atom stereocenters. The van der Waals surface area contributed by atoms with Crippen LogP contribution in [0.25, 0.3) is 0 Å². The lowest BCUT2D eigenvalue weighted by Gasteiger charge is -2.42. The van der Waals surface area contributed by atoms with E-state index in [1.165, 1.54) is 32.1 Å². The highest BCUT2D eigenvalue weighted by atomic mass is 16.5. The highest BCUT2D eigenvalue weighted by Gasteiger charge is 2.50. The Bertz CT molecular complexity index is 395. The van der Waals surface area contributed by atoms with Crippen LogP contribution in [0.5, 0.6) is 5.75 Å². The van der Waals surface area contributed by atoms with Gasteiger partial charge in [0.2, 0.25) is 0 Å². The van der Waals surface area contributed by atoms with Crippen LogP contribution in [-0.4, -0.2) is 6.10 Å². The summed E-state index contributed by atoms with van der Waals surface area (Å²) in [7, 11) is 0. The van der Waals surface area contributed by atoms with Gasteiger partial charge in [-0.15, -0.1) is 0 Å². The summed E-state index contributed by atoms with van der Waals surface area (Å²) < 4.78 is 6.18. The Morgan fingerprint density at radius 1 is 0.824 bits per heavy atom. The van der Waals surface area contributed by atoms with Crippen LogP contribution in [-0.2, 0) is 0 Å². The third-order valence-electron chi connectivity index (χ3n) is 5.27. The number of hydrogen-bond acceptors (Lipinski definition) is 1. The van der Waals surface area contributed by atoms with Gasteiger partial charge in [-0.2, -0.15) is 0 Å². The fourth-order valence-corrected chi connectivity index (χ4v) is 4.55. The summed E-state index contributed by atoms with van der Waals surface area (Å²) >= 11 is 0. The summed E-state index contributed by atoms with van der Waals surface area (Å²) in [5, 5.41) is 0. The molecule has 3 fully saturated rings. The molecule has 3 saturated carbocycles. The fraction of sp³-hybridized carbons (Fsp3) is 0.625. The molecule has 1 nitrogen and oxygen atoms in total. The number of fused-ring (bicyclic) bond motifs is 1. The SMILES string of the molecule is c1ccc(OC2CC3CC4C(C2)C[C@H]4C3)cc1. The largest absolute Gasteiger partial charge is 0.490 e. The summed E-state index contributed by atoms with van der Waals surface area (Å²) in [6, 6.07) is 10.4. The summed E-state index contributed by atoms with van der Waals surface area (Å²) in [5.74, 6) is 5.19. The number of rotatable bonds is 2. The first-order chi connectivity index (χ1) is 8.38. The normalized spacial score (nSPS) is 42.7. The lowest BCUT2D eigenvalue weighted by Crippen LogP contribution is -2.36. The molecular formula is C16H20O. The molecule has 0 heterocycles. The molecular weight excluding hydrogens is 208 g/mol. The van der Waals surface area contributed by atoms with Crippen molar-refractivity contribution in [2.75, 3.05) is 0 Å². The minimum atomic E-state index is 0.485. The van der Waals surface area contributed by atoms with Crippen molar-refractivity contribution in [3.63, 3.8) is 0 Å². The highest BCUT2D eigenvalue weighted by Crippen LogP contribution is 2.58. The molecule has 1 aromatic rings. The molecule has 17 heavy (non-hydrogen) atoms. The molecule has 1 aromatic carbocycles. The lowest BCUT2D eigenvalue weighted by molar-refractivity contribution is 0.0457. The predicted octanol–water partition coefficient (Wildman–Crippen LogP) is 3.89. The average Bonchev–Trinajstić information content (AvgIpc) is 2.55. The highest BCUT2D eigenvalue weighted by molar-refractivity contribution is 5.21. The van der Waals surface area contributed by atoms with Gasteiger partial charge in [-0.05, 0) is 67.9 Å². The molecule has 2 bridgehead atoms. The first-order valence-corrected chi connectivity index (χ1v) is 7.10. The fourth-order valence-electron chi connectivity index (χ4n) is 4.55. The monoisotopic (exact) mass is 228 g/mol. The van der Waals surface area contributed by atoms with Crippen LogP contribution in [0.3, 0.4) is 0 Å². The second-order valence-electron chi connectivity index (χ2n) is 6.28. The van der Waals surface area contributed by atoms with Gasteiger partial charge in [0.1, 0.15) is 5.75 Å². The van der Waals surface area contributed by atoms with Crippen molar-refractivity contribution < 1.29 is 4.74 Å². The maximum Gasteiger partial charge on any atom is 0.119 e. The summed E-state index contributed by atoms with van der Waals surface area (Å²) in [6.45, 7) is 0. The van der Waals surface area contributed by atoms with E-state index < -0.39 is 0 Å². The van der Waals surface area contributed by atoms with Crippen LogP contribution in [0.15, 0.2) is 30.3 Å². The molecule has 0 spiro atoms. The van der Waals surface area contributed by atoms with Gasteiger partial charge < -0.3 is 4.74 Å². The second kappa shape index (κ2) is 3.76. The zero-order valence-electron chi connectivity index (χ0n) is 10.2. The van der Waals surface area contributed by atoms with Crippen LogP contribution in [0.1, 0.15) is 32.1 Å². The van der Waals surface area contributed by atoms with Gasteiger partial charge in [-0.1, -0.05) is 18.2 Å². The molecule has 4 rings (SSSR count). The molecule has 0 radical (unpaired) electrons. The molecule has 0 N–H and O–H groups in total. The van der Waals surface area contributed by atoms with Crippen molar-refractivity contribution >= 4 is 0 Å². The van der Waals surface area contributed by atoms with E-state index in [1.54, 1.807) is 0 Å². The van der Waals surface area contributed by atoms with E-state index in [2.05, 4.69) is 30.3 Å². The van der Waals surface area contributed by atoms with Gasteiger partial charge in [0.15, 0.2) is 0 Å². The Kier molecular flexibility index (Phi) is 2.21. The zero-order valence-corrected chi connectivity index (χ0v) is 10.2. The standard InChI is InChI=1S/C16H20O/c1-2-4-14(5-3-1)17-15-7-11-6-12-9-13(10-15)16(12)8-11/h1-5,11-13,15-16H,6-10H2/t11?,12-,13?,15?,16?/m1/s1. The molecule has 0 aliphatic heterocycles. The van der Waals surface area contributed by atoms with Gasteiger partial charge in [0.25, 0.3) is 0 Å². The van der Waals surface area contributed by atoms with E-state index in [0.717, 1.165) is 29.4 Å². The zero-order chi connectivity index (χ0) is 11.2. The molecule has 0 saturated heterocycles. The summed E-state index contributed by atoms with van der Waals surface area (Å²) in [4.78, 5) is 0. The van der Waals surface area contributed by atoms with Crippen molar-refractivity contribution in [3.05, 3.63) is 30.3 Å². The average molecular weight is 228 g/mol. The Morgan fingerprint density at radius 3 is 2.53 bits per heavy atom. The number of hydrogen-bond donors (Lipinski definition) is 0. The Morgan fingerprint density at radius 2 is 1.65 bits per heavy atom. The van der Waals surface area contributed by atoms with Crippen LogP contribution < -0.4 is 4.74 Å². The van der Waals surface area contributed by atoms with Gasteiger partial charge in [0.05, 0.1) is 6.10 Å². The van der Waals surface area contributed by atoms with Gasteiger partial charge in [-0.3, -0.25) is 0 Å². The Hall–Kier alpha value is -0.980. The summed E-state index contributed by atoms with van der Waals surface area (Å²) in [6.07, 6.45) is 7.60. The van der Waals surface area contributed by atoms with Crippen molar-refractivity contribution in [2.24, 2.45) is 23.7 Å². The van der Waals surface area contributed by atoms with Crippen molar-refractivity contribution in [1.82, 2.24) is 0 Å². The molecule has 3 aliphatic rings. The van der Waals surface area contributed by atoms with Gasteiger partial charge in [-0.25, -0.2) is 0 Å². The van der Waals surface area contributed by atoms with E-state index in [4.69, 9.17) is 4.74 Å². The molecule has 0 amide bonds. The van der Waals surface area contributed by atoms with Crippen molar-refractivity contribution in [1.29, 1.82) is 0 Å². The Balaban J connectivity index is 1.48. The molecule has 5 atom stereocenters. The van der Waals surface area contributed by atoms with E-state index in [0.29, 0.717) is 6.10 Å². The second-order valence-corrected chi connectivity index (χ2v) is 6.28. The maximum absolute atomic E-state index is 6.18. The predicted molar refractivity (Wildman–Crippen MR) is 67.9 cm³/mol. The van der Waals surface area contributed by atoms with Crippen LogP contribution >= 0.6 is 0 Å². The molecule has 0 aromatic heterocycles. The molecule has 1 heteroatoms. The number of benzene rings is 1. The Labute approximate surface area is 103 Å². The quantitative estimate of drug-likeness (QED) is 0.746. The van der Waals surface area contributed by atoms with E-state index in [1.807, 2.05) is 0 Å². The third-order valence-corrected chi connectivity index (χ3v) is 5.27. The van der Waals surface area contributed by atoms with Crippen molar-refractivity contribution in [3.8, 4) is 5.75 Å². The third kappa shape index (κ3) is 1.67. The van der Waals surface area contributed by atoms with Crippen LogP contribution in [0, 0.1) is 23.7 Å². The van der Waals surface area contributed by atoms with Gasteiger partial charge >= 0.3 is 0 Å². The van der Waals surface area contributed by atoms with E-state index in [9.17, 15) is 0 Å². The minimum absolute atomic E-state index is 0.485. The van der Waals surface area contributed by atoms with Gasteiger partial charge in [0, 0.05) is 0 Å². The molecule has 90 valence electrons. The van der Waals surface area contributed by atoms with Crippen LogP contribution in [0.2, 0.25) is 0 Å². The first-order valence-electron chi connectivity index (χ1n) is 7.10. The summed E-state index contributed by atoms with van der Waals surface area (Å²) in [5.41, 5.74) is 0. The minimum Gasteiger partial charge on any atom is -0.490 e. The topological polar surface area (TPSA) is 9.23 Å². The first kappa shape index (κ1) is 9.99. The molecule has 3 aliphatic carbocycles. The number of ether oxygens (including phenoxy) is 1. The maximum atomic E-state index is 6.18.